The van der Waals surface area contributed by atoms with Crippen molar-refractivity contribution < 1.29 is 38.9 Å². The third kappa shape index (κ3) is 13.4. The summed E-state index contributed by atoms with van der Waals surface area (Å²) in [4.78, 5) is 31.7. The van der Waals surface area contributed by atoms with E-state index in [1.807, 2.05) is 92.7 Å². The highest BCUT2D eigenvalue weighted by molar-refractivity contribution is 6.61. The molecular weight excluding hydrogens is 954 g/mol. The average Bonchev–Trinajstić information content (AvgIpc) is 3.84. The van der Waals surface area contributed by atoms with E-state index < -0.39 is 10.4 Å². The third-order valence-electron chi connectivity index (χ3n) is 12.0. The first kappa shape index (κ1) is 54.2. The zero-order chi connectivity index (χ0) is 52.4. The van der Waals surface area contributed by atoms with Gasteiger partial charge in [0.15, 0.2) is 0 Å². The first-order chi connectivity index (χ1) is 35.4. The number of amides is 2. The van der Waals surface area contributed by atoms with Crippen LogP contribution in [0.4, 0.5) is 26.7 Å². The molecule has 9 rings (SSSR count). The minimum atomic E-state index is -0.978. The first-order valence-corrected chi connectivity index (χ1v) is 24.2. The number of aromatic nitrogens is 2. The fourth-order valence-corrected chi connectivity index (χ4v) is 8.45. The second kappa shape index (κ2) is 26.4. The van der Waals surface area contributed by atoms with Crippen LogP contribution in [0.5, 0.6) is 17.2 Å². The Morgan fingerprint density at radius 1 is 0.740 bits per heavy atom. The van der Waals surface area contributed by atoms with Crippen LogP contribution in [0.25, 0.3) is 44.3 Å². The number of benzene rings is 5. The number of nitrogen functional groups attached to an aromatic ring is 1. The molecule has 73 heavy (non-hydrogen) atoms. The molecular formula is C54H58ClN9O9. The largest absolute Gasteiger partial charge is 0.494 e. The number of anilines is 2. The molecule has 0 bridgehead atoms. The lowest BCUT2D eigenvalue weighted by Crippen LogP contribution is -2.30. The summed E-state index contributed by atoms with van der Waals surface area (Å²) in [6.07, 6.45) is 6.89. The van der Waals surface area contributed by atoms with Crippen molar-refractivity contribution in [1.82, 2.24) is 14.5 Å². The van der Waals surface area contributed by atoms with Gasteiger partial charge in [0.2, 0.25) is 0 Å². The lowest BCUT2D eigenvalue weighted by molar-refractivity contribution is -0.384. The summed E-state index contributed by atoms with van der Waals surface area (Å²) in [7, 11) is 0. The van der Waals surface area contributed by atoms with E-state index in [4.69, 9.17) is 42.8 Å². The molecule has 7 aromatic rings. The number of nitro benzene ring substituents is 1. The number of nitrogens with zero attached hydrogens (tertiary/aromatic N) is 5. The molecule has 0 radical (unpaired) electrons. The van der Waals surface area contributed by atoms with Crippen LogP contribution in [0, 0.1) is 32.8 Å². The third-order valence-corrected chi connectivity index (χ3v) is 12.1. The minimum Gasteiger partial charge on any atom is -0.494 e. The molecule has 0 unspecified atom stereocenters. The predicted octanol–water partition coefficient (Wildman–Crippen LogP) is 10.6. The summed E-state index contributed by atoms with van der Waals surface area (Å²) in [5, 5.41) is 53.9. The van der Waals surface area contributed by atoms with Gasteiger partial charge in [0.1, 0.15) is 29.4 Å². The van der Waals surface area contributed by atoms with Crippen LogP contribution in [0.2, 0.25) is 0 Å². The van der Waals surface area contributed by atoms with Crippen LogP contribution in [0.1, 0.15) is 75.6 Å². The maximum Gasteiger partial charge on any atom is 0.409 e. The Kier molecular flexibility index (Phi) is 19.6. The highest BCUT2D eigenvalue weighted by Crippen LogP contribution is 2.45. The summed E-state index contributed by atoms with van der Waals surface area (Å²) in [5.74, 6) is 1.82. The lowest BCUT2D eigenvalue weighted by Gasteiger charge is -2.30. The van der Waals surface area contributed by atoms with E-state index in [0.717, 1.165) is 92.8 Å². The Morgan fingerprint density at radius 3 is 1.56 bits per heavy atom. The number of rotatable bonds is 14. The van der Waals surface area contributed by atoms with Crippen molar-refractivity contribution in [2.24, 2.45) is 5.73 Å². The molecule has 0 saturated heterocycles. The molecule has 2 aromatic heterocycles. The van der Waals surface area contributed by atoms with E-state index in [1.165, 1.54) is 37.1 Å². The van der Waals surface area contributed by atoms with E-state index in [2.05, 4.69) is 42.7 Å². The number of aliphatic hydroxyl groups excluding tert-OH is 2. The van der Waals surface area contributed by atoms with Crippen molar-refractivity contribution in [3.63, 3.8) is 0 Å². The maximum atomic E-state index is 11.8. The second-order valence-electron chi connectivity index (χ2n) is 16.7. The number of urea groups is 1. The Balaban J connectivity index is 0.000000184. The Hall–Kier alpha value is -8.13. The number of nitro groups is 1. The molecule has 19 heteroatoms. The number of non-ortho nitro benzene ring substituents is 1. The molecule has 0 atom stereocenters. The van der Waals surface area contributed by atoms with Gasteiger partial charge in [-0.2, -0.15) is 10.5 Å². The van der Waals surface area contributed by atoms with E-state index in [1.54, 1.807) is 0 Å². The van der Waals surface area contributed by atoms with Gasteiger partial charge in [-0.1, -0.05) is 24.3 Å². The monoisotopic (exact) mass is 1010 g/mol. The number of nitrogens with two attached hydrogens (primary N) is 2. The molecule has 8 N–H and O–H groups in total. The van der Waals surface area contributed by atoms with Gasteiger partial charge >= 0.3 is 11.5 Å². The zero-order valence-electron chi connectivity index (χ0n) is 40.6. The average molecular weight is 1010 g/mol. The van der Waals surface area contributed by atoms with Crippen molar-refractivity contribution in [3.05, 3.63) is 130 Å². The quantitative estimate of drug-likeness (QED) is 0.0256. The molecule has 5 aromatic carbocycles. The summed E-state index contributed by atoms with van der Waals surface area (Å²) in [6.45, 7) is 5.72. The zero-order valence-corrected chi connectivity index (χ0v) is 41.3. The van der Waals surface area contributed by atoms with Crippen LogP contribution >= 0.6 is 11.6 Å². The molecule has 18 nitrogen and oxygen atoms in total. The van der Waals surface area contributed by atoms with Crippen LogP contribution in [0.15, 0.2) is 109 Å². The fraction of sp³-hybridized carbons (Fsp3) is 0.296. The molecule has 2 aliphatic carbocycles. The number of ether oxygens (including phenoxy) is 3. The molecule has 380 valence electrons. The van der Waals surface area contributed by atoms with Crippen molar-refractivity contribution in [2.45, 2.75) is 64.5 Å². The van der Waals surface area contributed by atoms with Crippen molar-refractivity contribution >= 4 is 61.9 Å². The highest BCUT2D eigenvalue weighted by atomic mass is 35.5. The normalized spacial score (nSPS) is 12.7. The number of fused-ring (bicyclic) bond motifs is 2. The van der Waals surface area contributed by atoms with Gasteiger partial charge in [-0.15, -0.1) is 0 Å². The van der Waals surface area contributed by atoms with Crippen molar-refractivity contribution in [2.75, 3.05) is 50.6 Å². The number of hydrogen-bond acceptors (Lipinski definition) is 13. The summed E-state index contributed by atoms with van der Waals surface area (Å²) in [6, 6.07) is 37.5. The standard InChI is InChI=1S/C24H26N4O3.C21H21N3O.C7H4ClNO4.C2H7NO/c1-2-31-19-10-11-20-21(15-25)23(28(22(20)14-19)18-4-3-5-18)16-6-8-17(9-7-16)27-24(30)26-12-13-29;1-2-25-17-10-11-18-19(13-22)21(14-6-8-15(23)9-7-14)24(20(18)12-17)16-4-3-5-16;8-7(10)13-6-3-1-5(2-4-6)9(11)12;3-1-2-4/h6-11,14,18,29H,2-5,12-13H2,1H3,(H2,26,27,30);6-12,16H,2-5,23H2,1H3;1-4H;4H,1-3H2. The molecule has 2 amide bonds. The highest BCUT2D eigenvalue weighted by Gasteiger charge is 2.29. The van der Waals surface area contributed by atoms with Crippen LogP contribution in [-0.2, 0) is 0 Å². The predicted molar refractivity (Wildman–Crippen MR) is 282 cm³/mol. The molecule has 2 saturated carbocycles. The Morgan fingerprint density at radius 2 is 1.19 bits per heavy atom. The van der Waals surface area contributed by atoms with E-state index in [-0.39, 0.29) is 37.2 Å². The van der Waals surface area contributed by atoms with Gasteiger partial charge in [-0.3, -0.25) is 10.1 Å². The summed E-state index contributed by atoms with van der Waals surface area (Å²) < 4.78 is 20.5. The topological polar surface area (TPSA) is 279 Å². The molecule has 2 fully saturated rings. The fourth-order valence-electron chi connectivity index (χ4n) is 8.36. The SMILES string of the molecule is CCOc1ccc2c(C#N)c(-c3ccc(N)cc3)n(C3CCC3)c2c1.CCOc1ccc2c(C#N)c(-c3ccc(NC(=O)NCCO)cc3)n(C3CCC3)c2c1.NCCO.O=C(Cl)Oc1ccc([N+](=O)[O-])cc1. The van der Waals surface area contributed by atoms with Crippen molar-refractivity contribution in [1.29, 1.82) is 10.5 Å². The summed E-state index contributed by atoms with van der Waals surface area (Å²) >= 11 is 4.92. The van der Waals surface area contributed by atoms with E-state index >= 15 is 0 Å². The van der Waals surface area contributed by atoms with Crippen molar-refractivity contribution in [3.8, 4) is 51.9 Å². The van der Waals surface area contributed by atoms with Gasteiger partial charge in [0.05, 0.1) is 64.9 Å². The van der Waals surface area contributed by atoms with E-state index in [0.29, 0.717) is 43.1 Å². The molecule has 2 heterocycles. The lowest BCUT2D eigenvalue weighted by atomic mass is 9.92. The van der Waals surface area contributed by atoms with Crippen LogP contribution in [-0.4, -0.2) is 75.2 Å². The first-order valence-electron chi connectivity index (χ1n) is 23.9. The van der Waals surface area contributed by atoms with Gasteiger partial charge in [0, 0.05) is 83.2 Å². The number of carbonyl (C=O) groups is 2. The van der Waals surface area contributed by atoms with Crippen LogP contribution in [0.3, 0.4) is 0 Å². The Labute approximate surface area is 427 Å². The number of hydrogen-bond donors (Lipinski definition) is 6. The molecule has 2 aliphatic rings. The molecule has 0 spiro atoms. The second-order valence-corrected chi connectivity index (χ2v) is 17.0. The van der Waals surface area contributed by atoms with E-state index in [9.17, 15) is 30.2 Å². The minimum absolute atomic E-state index is 0.0747. The number of aliphatic hydroxyl groups is 2. The number of nitriles is 2. The number of nitrogens with one attached hydrogen (secondary N) is 2. The summed E-state index contributed by atoms with van der Waals surface area (Å²) in [5.41, 5.74) is 18.3. The van der Waals surface area contributed by atoms with Gasteiger partial charge in [-0.25, -0.2) is 9.59 Å². The molecule has 0 aliphatic heterocycles. The van der Waals surface area contributed by atoms with Gasteiger partial charge in [-0.05, 0) is 124 Å². The van der Waals surface area contributed by atoms with Gasteiger partial charge < -0.3 is 55.7 Å². The smallest absolute Gasteiger partial charge is 0.409 e. The van der Waals surface area contributed by atoms with Crippen LogP contribution < -0.4 is 36.3 Å². The number of halogens is 1. The number of carbonyl (C=O) groups excluding carboxylic acids is 2. The van der Waals surface area contributed by atoms with Gasteiger partial charge in [0.25, 0.3) is 5.69 Å². The maximum absolute atomic E-state index is 11.8. The Bertz CT molecular complexity index is 3080.